The minimum absolute atomic E-state index is 0.0167. The Labute approximate surface area is 159 Å². The molecule has 1 unspecified atom stereocenters. The predicted molar refractivity (Wildman–Crippen MR) is 103 cm³/mol. The van der Waals surface area contributed by atoms with E-state index < -0.39 is 11.8 Å². The molecule has 2 aliphatic rings. The molecule has 9 nitrogen and oxygen atoms in total. The molecule has 1 atom stereocenters. The van der Waals surface area contributed by atoms with Crippen molar-refractivity contribution in [2.24, 2.45) is 21.0 Å². The Balaban J connectivity index is 1.58. The molecule has 2 amide bonds. The van der Waals surface area contributed by atoms with Gasteiger partial charge in [-0.3, -0.25) is 14.4 Å². The molecule has 0 saturated heterocycles. The number of hydrogen-bond donors (Lipinski definition) is 2. The number of amidine groups is 2. The van der Waals surface area contributed by atoms with Gasteiger partial charge < -0.3 is 10.4 Å². The van der Waals surface area contributed by atoms with E-state index in [2.05, 4.69) is 20.4 Å². The van der Waals surface area contributed by atoms with E-state index in [1.165, 1.54) is 18.1 Å². The number of hydrazone groups is 1. The van der Waals surface area contributed by atoms with Crippen molar-refractivity contribution in [1.82, 2.24) is 5.01 Å². The molecule has 140 valence electrons. The molecule has 0 bridgehead atoms. The summed E-state index contributed by atoms with van der Waals surface area (Å²) in [6.07, 6.45) is 1.44. The van der Waals surface area contributed by atoms with Crippen molar-refractivity contribution in [3.05, 3.63) is 29.8 Å². The zero-order valence-corrected chi connectivity index (χ0v) is 15.3. The summed E-state index contributed by atoms with van der Waals surface area (Å²) < 4.78 is 0. The minimum atomic E-state index is -0.630. The fraction of sp³-hybridized carbons (Fsp3) is 0.294. The van der Waals surface area contributed by atoms with Crippen LogP contribution in [0.3, 0.4) is 0 Å². The Kier molecular flexibility index (Phi) is 5.77. The zero-order valence-electron chi connectivity index (χ0n) is 14.5. The van der Waals surface area contributed by atoms with E-state index in [1.807, 2.05) is 0 Å². The van der Waals surface area contributed by atoms with Crippen molar-refractivity contribution in [3.63, 3.8) is 0 Å². The molecule has 27 heavy (non-hydrogen) atoms. The van der Waals surface area contributed by atoms with Gasteiger partial charge in [-0.05, 0) is 31.2 Å². The Bertz CT molecular complexity index is 863. The van der Waals surface area contributed by atoms with Gasteiger partial charge >= 0.3 is 0 Å². The molecule has 3 rings (SSSR count). The van der Waals surface area contributed by atoms with Crippen LogP contribution in [0.2, 0.25) is 0 Å². The van der Waals surface area contributed by atoms with Crippen LogP contribution in [-0.4, -0.2) is 63.8 Å². The molecular weight excluding hydrogens is 370 g/mol. The molecule has 2 heterocycles. The van der Waals surface area contributed by atoms with Crippen LogP contribution >= 0.6 is 11.8 Å². The number of amides is 2. The second kappa shape index (κ2) is 8.23. The highest BCUT2D eigenvalue weighted by Gasteiger charge is 2.35. The van der Waals surface area contributed by atoms with Crippen LogP contribution < -0.4 is 5.32 Å². The fourth-order valence-electron chi connectivity index (χ4n) is 2.47. The number of Topliss-reactive ketones (excluding diaryl/α,β-unsaturated/α-hetero) is 1. The average molecular weight is 387 g/mol. The second-order valence-electron chi connectivity index (χ2n) is 5.76. The van der Waals surface area contributed by atoms with Crippen LogP contribution in [0.25, 0.3) is 0 Å². The zero-order chi connectivity index (χ0) is 19.4. The lowest BCUT2D eigenvalue weighted by molar-refractivity contribution is -0.118. The van der Waals surface area contributed by atoms with Gasteiger partial charge in [0, 0.05) is 17.5 Å². The fourth-order valence-corrected chi connectivity index (χ4v) is 3.11. The third-order valence-corrected chi connectivity index (χ3v) is 4.65. The number of aliphatic hydroxyl groups is 1. The number of hydrogen-bond acceptors (Lipinski definition) is 8. The van der Waals surface area contributed by atoms with Crippen LogP contribution in [0.1, 0.15) is 17.3 Å². The van der Waals surface area contributed by atoms with Gasteiger partial charge in [0.2, 0.25) is 5.91 Å². The van der Waals surface area contributed by atoms with E-state index in [4.69, 9.17) is 5.11 Å². The van der Waals surface area contributed by atoms with Crippen LogP contribution in [0.5, 0.6) is 0 Å². The number of carbonyl (C=O) groups excluding carboxylic acids is 3. The van der Waals surface area contributed by atoms with E-state index in [0.29, 0.717) is 17.1 Å². The number of carbonyl (C=O) groups is 3. The largest absolute Gasteiger partial charge is 0.394 e. The average Bonchev–Trinajstić information content (AvgIpc) is 3.04. The number of thioether (sulfide) groups is 1. The summed E-state index contributed by atoms with van der Waals surface area (Å²) in [5.41, 5.74) is 1.13. The molecule has 0 spiro atoms. The van der Waals surface area contributed by atoms with Crippen molar-refractivity contribution in [2.45, 2.75) is 6.92 Å². The van der Waals surface area contributed by atoms with Crippen molar-refractivity contribution < 1.29 is 19.5 Å². The molecule has 2 aliphatic heterocycles. The van der Waals surface area contributed by atoms with Gasteiger partial charge in [-0.25, -0.2) is 10.0 Å². The minimum Gasteiger partial charge on any atom is -0.394 e. The summed E-state index contributed by atoms with van der Waals surface area (Å²) >= 11 is 1.04. The number of ketones is 1. The first-order valence-electron chi connectivity index (χ1n) is 8.15. The van der Waals surface area contributed by atoms with Gasteiger partial charge in [0.15, 0.2) is 11.0 Å². The van der Waals surface area contributed by atoms with Crippen molar-refractivity contribution in [2.75, 3.05) is 24.2 Å². The standard InChI is InChI=1S/C17H17N5O4S/c1-10(24)11-2-4-12(5-3-11)19-14(25)9-27-17-20-15-13(16(26)21-17)8-18-22(15)6-7-23/h2-5,8,13,23H,6-7,9H2,1H3,(H,19,25). The summed E-state index contributed by atoms with van der Waals surface area (Å²) in [5.74, 6) is -0.939. The highest BCUT2D eigenvalue weighted by molar-refractivity contribution is 8.14. The summed E-state index contributed by atoms with van der Waals surface area (Å²) in [6, 6.07) is 6.57. The van der Waals surface area contributed by atoms with Crippen molar-refractivity contribution >= 4 is 52.3 Å². The molecule has 1 aromatic rings. The number of fused-ring (bicyclic) bond motifs is 1. The molecular formula is C17H17N5O4S. The number of β-amino-alcohol motifs (C(OH)–C–C–N with tert-alkyl or cyclic N) is 1. The Morgan fingerprint density at radius 1 is 1.26 bits per heavy atom. The molecule has 0 aliphatic carbocycles. The van der Waals surface area contributed by atoms with Crippen LogP contribution in [-0.2, 0) is 9.59 Å². The van der Waals surface area contributed by atoms with E-state index in [0.717, 1.165) is 11.8 Å². The first-order chi connectivity index (χ1) is 13.0. The van der Waals surface area contributed by atoms with Gasteiger partial charge in [-0.1, -0.05) is 11.8 Å². The van der Waals surface area contributed by atoms with Gasteiger partial charge in [0.05, 0.1) is 18.9 Å². The maximum absolute atomic E-state index is 12.1. The van der Waals surface area contributed by atoms with Crippen molar-refractivity contribution in [1.29, 1.82) is 0 Å². The third kappa shape index (κ3) is 4.47. The summed E-state index contributed by atoms with van der Waals surface area (Å²) in [6.45, 7) is 1.58. The van der Waals surface area contributed by atoms with Crippen LogP contribution in [0.4, 0.5) is 5.69 Å². The molecule has 0 saturated carbocycles. The number of nitrogens with one attached hydrogen (secondary N) is 1. The molecule has 10 heteroatoms. The topological polar surface area (TPSA) is 124 Å². The first-order valence-corrected chi connectivity index (χ1v) is 9.14. The SMILES string of the molecule is CC(=O)c1ccc(NC(=O)CSC2=NC(=O)C3C=NN(CCO)C3=N2)cc1. The lowest BCUT2D eigenvalue weighted by Crippen LogP contribution is -2.35. The van der Waals surface area contributed by atoms with E-state index in [9.17, 15) is 14.4 Å². The smallest absolute Gasteiger partial charge is 0.264 e. The normalized spacial score (nSPS) is 18.1. The Morgan fingerprint density at radius 3 is 2.67 bits per heavy atom. The second-order valence-corrected chi connectivity index (χ2v) is 6.70. The maximum Gasteiger partial charge on any atom is 0.264 e. The third-order valence-electron chi connectivity index (χ3n) is 3.80. The van der Waals surface area contributed by atoms with Crippen LogP contribution in [0, 0.1) is 5.92 Å². The van der Waals surface area contributed by atoms with Gasteiger partial charge in [-0.2, -0.15) is 10.1 Å². The molecule has 0 radical (unpaired) electrons. The van der Waals surface area contributed by atoms with Crippen molar-refractivity contribution in [3.8, 4) is 0 Å². The quantitative estimate of drug-likeness (QED) is 0.695. The number of anilines is 1. The lowest BCUT2D eigenvalue weighted by atomic mass is 10.1. The molecule has 0 aromatic heterocycles. The summed E-state index contributed by atoms with van der Waals surface area (Å²) in [7, 11) is 0. The number of aliphatic hydroxyl groups excluding tert-OH is 1. The molecule has 0 fully saturated rings. The number of rotatable bonds is 6. The highest BCUT2D eigenvalue weighted by atomic mass is 32.2. The number of benzene rings is 1. The number of nitrogens with zero attached hydrogens (tertiary/aromatic N) is 4. The van der Waals surface area contributed by atoms with E-state index >= 15 is 0 Å². The lowest BCUT2D eigenvalue weighted by Gasteiger charge is -2.19. The first kappa shape index (κ1) is 18.9. The van der Waals surface area contributed by atoms with Gasteiger partial charge in [0.25, 0.3) is 5.91 Å². The maximum atomic E-state index is 12.1. The number of aliphatic imine (C=N–C) groups is 2. The monoisotopic (exact) mass is 387 g/mol. The summed E-state index contributed by atoms with van der Waals surface area (Å²) in [4.78, 5) is 43.6. The van der Waals surface area contributed by atoms with E-state index in [1.54, 1.807) is 24.3 Å². The van der Waals surface area contributed by atoms with Gasteiger partial charge in [-0.15, -0.1) is 0 Å². The highest BCUT2D eigenvalue weighted by Crippen LogP contribution is 2.21. The van der Waals surface area contributed by atoms with Gasteiger partial charge in [0.1, 0.15) is 11.8 Å². The predicted octanol–water partition coefficient (Wildman–Crippen LogP) is 0.765. The van der Waals surface area contributed by atoms with E-state index in [-0.39, 0.29) is 35.8 Å². The van der Waals surface area contributed by atoms with Crippen LogP contribution in [0.15, 0.2) is 39.4 Å². The Hall–Kier alpha value is -2.85. The molecule has 1 aromatic carbocycles. The molecule has 2 N–H and O–H groups in total. The summed E-state index contributed by atoms with van der Waals surface area (Å²) in [5, 5.41) is 17.4. The Morgan fingerprint density at radius 2 is 2.00 bits per heavy atom.